The summed E-state index contributed by atoms with van der Waals surface area (Å²) < 4.78 is 10.6. The van der Waals surface area contributed by atoms with Gasteiger partial charge in [-0.25, -0.2) is 0 Å². The van der Waals surface area contributed by atoms with Gasteiger partial charge in [0.25, 0.3) is 0 Å². The zero-order valence-corrected chi connectivity index (χ0v) is 13.5. The molecule has 1 aliphatic rings. The quantitative estimate of drug-likeness (QED) is 0.826. The summed E-state index contributed by atoms with van der Waals surface area (Å²) in [6.45, 7) is 3.49. The molecule has 3 rings (SSSR count). The van der Waals surface area contributed by atoms with Crippen molar-refractivity contribution in [1.29, 1.82) is 0 Å². The zero-order valence-electron chi connectivity index (χ0n) is 13.5. The second-order valence-corrected chi connectivity index (χ2v) is 5.56. The molecule has 0 aromatic heterocycles. The highest BCUT2D eigenvalue weighted by molar-refractivity contribution is 5.98. The Bertz CT molecular complexity index is 771. The monoisotopic (exact) mass is 326 g/mol. The van der Waals surface area contributed by atoms with Crippen molar-refractivity contribution >= 4 is 23.1 Å². The van der Waals surface area contributed by atoms with Gasteiger partial charge in [-0.05, 0) is 50.2 Å². The minimum atomic E-state index is -0.446. The van der Waals surface area contributed by atoms with E-state index in [0.29, 0.717) is 22.7 Å². The van der Waals surface area contributed by atoms with Gasteiger partial charge in [-0.2, -0.15) is 0 Å². The van der Waals surface area contributed by atoms with E-state index >= 15 is 0 Å². The molecule has 0 saturated heterocycles. The molecule has 0 saturated carbocycles. The molecule has 0 unspecified atom stereocenters. The Morgan fingerprint density at radius 1 is 1.00 bits per heavy atom. The van der Waals surface area contributed by atoms with Gasteiger partial charge in [-0.15, -0.1) is 0 Å². The molecule has 1 amide bonds. The Morgan fingerprint density at radius 2 is 1.67 bits per heavy atom. The molecule has 1 heterocycles. The summed E-state index contributed by atoms with van der Waals surface area (Å²) in [6.07, 6.45) is 0. The molecule has 0 bridgehead atoms. The standard InChI is InChI=1S/C18H18N2O4/c1-11(19-15-7-8-16-17(9-15)24-10-23-16)18(22)20-14-5-3-13(4-6-14)12(2)21/h3-9,11,19H,10H2,1-2H3,(H,20,22)/t11-/m0/s1. The van der Waals surface area contributed by atoms with E-state index in [4.69, 9.17) is 9.47 Å². The maximum atomic E-state index is 12.3. The summed E-state index contributed by atoms with van der Waals surface area (Å²) in [5, 5.41) is 5.93. The molecule has 6 nitrogen and oxygen atoms in total. The summed E-state index contributed by atoms with van der Waals surface area (Å²) in [6, 6.07) is 11.8. The van der Waals surface area contributed by atoms with Gasteiger partial charge < -0.3 is 20.1 Å². The summed E-state index contributed by atoms with van der Waals surface area (Å²) in [5.41, 5.74) is 2.03. The first-order chi connectivity index (χ1) is 11.5. The topological polar surface area (TPSA) is 76.7 Å². The average molecular weight is 326 g/mol. The number of fused-ring (bicyclic) bond motifs is 1. The van der Waals surface area contributed by atoms with Gasteiger partial charge in [-0.1, -0.05) is 0 Å². The summed E-state index contributed by atoms with van der Waals surface area (Å²) in [7, 11) is 0. The van der Waals surface area contributed by atoms with Gasteiger partial charge in [0.2, 0.25) is 12.7 Å². The predicted molar refractivity (Wildman–Crippen MR) is 90.7 cm³/mol. The minimum absolute atomic E-state index is 0.00859. The van der Waals surface area contributed by atoms with E-state index in [2.05, 4.69) is 10.6 Å². The number of amides is 1. The van der Waals surface area contributed by atoms with Crippen molar-refractivity contribution in [3.63, 3.8) is 0 Å². The van der Waals surface area contributed by atoms with Crippen LogP contribution in [0.15, 0.2) is 42.5 Å². The molecule has 24 heavy (non-hydrogen) atoms. The highest BCUT2D eigenvalue weighted by atomic mass is 16.7. The number of ketones is 1. The van der Waals surface area contributed by atoms with Crippen molar-refractivity contribution in [2.75, 3.05) is 17.4 Å². The molecule has 0 spiro atoms. The molecule has 6 heteroatoms. The Hall–Kier alpha value is -3.02. The lowest BCUT2D eigenvalue weighted by atomic mass is 10.1. The van der Waals surface area contributed by atoms with Crippen molar-refractivity contribution in [2.24, 2.45) is 0 Å². The second-order valence-electron chi connectivity index (χ2n) is 5.56. The zero-order chi connectivity index (χ0) is 17.1. The number of anilines is 2. The third kappa shape index (κ3) is 3.48. The molecule has 124 valence electrons. The molecule has 2 N–H and O–H groups in total. The van der Waals surface area contributed by atoms with Crippen molar-refractivity contribution in [3.05, 3.63) is 48.0 Å². The molecule has 0 aliphatic carbocycles. The van der Waals surface area contributed by atoms with Crippen molar-refractivity contribution in [3.8, 4) is 11.5 Å². The predicted octanol–water partition coefficient (Wildman–Crippen LogP) is 3.06. The Balaban J connectivity index is 1.61. The van der Waals surface area contributed by atoms with Crippen LogP contribution in [0.3, 0.4) is 0 Å². The van der Waals surface area contributed by atoms with Crippen LogP contribution in [-0.2, 0) is 4.79 Å². The highest BCUT2D eigenvalue weighted by Gasteiger charge is 2.16. The van der Waals surface area contributed by atoms with Crippen LogP contribution in [0.2, 0.25) is 0 Å². The SMILES string of the molecule is CC(=O)c1ccc(NC(=O)[C@H](C)Nc2ccc3c(c2)OCO3)cc1. The van der Waals surface area contributed by atoms with E-state index in [1.54, 1.807) is 43.3 Å². The molecule has 0 radical (unpaired) electrons. The number of benzene rings is 2. The van der Waals surface area contributed by atoms with E-state index in [0.717, 1.165) is 5.69 Å². The van der Waals surface area contributed by atoms with Crippen LogP contribution in [0.25, 0.3) is 0 Å². The van der Waals surface area contributed by atoms with Gasteiger partial charge >= 0.3 is 0 Å². The number of hydrogen-bond donors (Lipinski definition) is 2. The van der Waals surface area contributed by atoms with Crippen molar-refractivity contribution < 1.29 is 19.1 Å². The first kappa shape index (κ1) is 15.9. The number of rotatable bonds is 5. The number of ether oxygens (including phenoxy) is 2. The fraction of sp³-hybridized carbons (Fsp3) is 0.222. The molecule has 2 aromatic rings. The molecular formula is C18H18N2O4. The van der Waals surface area contributed by atoms with Gasteiger partial charge in [0, 0.05) is 23.0 Å². The second kappa shape index (κ2) is 6.62. The number of carbonyl (C=O) groups excluding carboxylic acids is 2. The van der Waals surface area contributed by atoms with Crippen molar-refractivity contribution in [1.82, 2.24) is 0 Å². The summed E-state index contributed by atoms with van der Waals surface area (Å²) in [4.78, 5) is 23.5. The largest absolute Gasteiger partial charge is 0.454 e. The van der Waals surface area contributed by atoms with Crippen LogP contribution >= 0.6 is 0 Å². The van der Waals surface area contributed by atoms with Crippen LogP contribution in [-0.4, -0.2) is 24.5 Å². The Labute approximate surface area is 139 Å². The smallest absolute Gasteiger partial charge is 0.246 e. The number of nitrogens with one attached hydrogen (secondary N) is 2. The molecule has 1 atom stereocenters. The van der Waals surface area contributed by atoms with Crippen LogP contribution in [0.4, 0.5) is 11.4 Å². The van der Waals surface area contributed by atoms with Gasteiger partial charge in [-0.3, -0.25) is 9.59 Å². The first-order valence-corrected chi connectivity index (χ1v) is 7.61. The minimum Gasteiger partial charge on any atom is -0.454 e. The number of hydrogen-bond acceptors (Lipinski definition) is 5. The third-order valence-corrected chi connectivity index (χ3v) is 3.71. The fourth-order valence-electron chi connectivity index (χ4n) is 2.34. The van der Waals surface area contributed by atoms with Crippen LogP contribution in [0.1, 0.15) is 24.2 Å². The maximum Gasteiger partial charge on any atom is 0.246 e. The summed E-state index contributed by atoms with van der Waals surface area (Å²) >= 11 is 0. The average Bonchev–Trinajstić information content (AvgIpc) is 3.03. The molecule has 2 aromatic carbocycles. The van der Waals surface area contributed by atoms with Gasteiger partial charge in [0.05, 0.1) is 0 Å². The van der Waals surface area contributed by atoms with Gasteiger partial charge in [0.15, 0.2) is 17.3 Å². The number of carbonyl (C=O) groups is 2. The summed E-state index contributed by atoms with van der Waals surface area (Å²) in [5.74, 6) is 1.17. The third-order valence-electron chi connectivity index (χ3n) is 3.71. The van der Waals surface area contributed by atoms with Crippen molar-refractivity contribution in [2.45, 2.75) is 19.9 Å². The maximum absolute atomic E-state index is 12.3. The Morgan fingerprint density at radius 3 is 2.38 bits per heavy atom. The molecule has 0 fully saturated rings. The lowest BCUT2D eigenvalue weighted by molar-refractivity contribution is -0.116. The molecular weight excluding hydrogens is 308 g/mol. The van der Waals surface area contributed by atoms with Crippen LogP contribution in [0, 0.1) is 0 Å². The number of Topliss-reactive ketones (excluding diaryl/α,β-unsaturated/α-hetero) is 1. The normalized spacial score (nSPS) is 13.2. The Kier molecular flexibility index (Phi) is 4.37. The fourth-order valence-corrected chi connectivity index (χ4v) is 2.34. The van der Waals surface area contributed by atoms with Crippen LogP contribution in [0.5, 0.6) is 11.5 Å². The van der Waals surface area contributed by atoms with Gasteiger partial charge in [0.1, 0.15) is 6.04 Å². The van der Waals surface area contributed by atoms with E-state index in [-0.39, 0.29) is 18.5 Å². The first-order valence-electron chi connectivity index (χ1n) is 7.61. The van der Waals surface area contributed by atoms with E-state index in [1.165, 1.54) is 6.92 Å². The van der Waals surface area contributed by atoms with E-state index < -0.39 is 6.04 Å². The highest BCUT2D eigenvalue weighted by Crippen LogP contribution is 2.34. The van der Waals surface area contributed by atoms with E-state index in [1.807, 2.05) is 6.07 Å². The lowest BCUT2D eigenvalue weighted by Crippen LogP contribution is -2.31. The molecule has 1 aliphatic heterocycles. The van der Waals surface area contributed by atoms with Crippen LogP contribution < -0.4 is 20.1 Å². The van der Waals surface area contributed by atoms with E-state index in [9.17, 15) is 9.59 Å². The lowest BCUT2D eigenvalue weighted by Gasteiger charge is -2.15.